The topological polar surface area (TPSA) is 32.3 Å². The molecule has 0 spiro atoms. The molecule has 1 atom stereocenters. The highest BCUT2D eigenvalue weighted by molar-refractivity contribution is 5.84. The fourth-order valence-electron chi connectivity index (χ4n) is 2.36. The first-order chi connectivity index (χ1) is 10.5. The number of hydrogen-bond acceptors (Lipinski definition) is 2. The molecule has 0 bridgehead atoms. The maximum absolute atomic E-state index is 13.2. The number of likely N-dealkylation sites (N-methyl/N-ethyl adjacent to an activating group) is 1. The van der Waals surface area contributed by atoms with Gasteiger partial charge in [0.2, 0.25) is 5.91 Å². The highest BCUT2D eigenvalue weighted by atomic mass is 19.1. The maximum Gasteiger partial charge on any atom is 0.244 e. The Hall–Kier alpha value is -2.36. The van der Waals surface area contributed by atoms with Gasteiger partial charge in [-0.05, 0) is 49.2 Å². The van der Waals surface area contributed by atoms with Gasteiger partial charge in [0.25, 0.3) is 0 Å². The summed E-state index contributed by atoms with van der Waals surface area (Å²) >= 11 is 0. The lowest BCUT2D eigenvalue weighted by Gasteiger charge is -2.23. The van der Waals surface area contributed by atoms with Crippen LogP contribution >= 0.6 is 0 Å². The van der Waals surface area contributed by atoms with Crippen molar-refractivity contribution < 1.29 is 9.18 Å². The first-order valence-corrected chi connectivity index (χ1v) is 7.28. The van der Waals surface area contributed by atoms with Gasteiger partial charge >= 0.3 is 0 Å². The molecule has 1 N–H and O–H groups in total. The molecule has 0 saturated carbocycles. The van der Waals surface area contributed by atoms with Gasteiger partial charge in [-0.1, -0.05) is 24.3 Å². The Bertz CT molecular complexity index is 602. The predicted octanol–water partition coefficient (Wildman–Crippen LogP) is 3.59. The molecule has 2 aromatic rings. The molecule has 22 heavy (non-hydrogen) atoms. The highest BCUT2D eigenvalue weighted by Gasteiger charge is 2.17. The van der Waals surface area contributed by atoms with Crippen molar-refractivity contribution in [2.45, 2.75) is 26.4 Å². The van der Waals surface area contributed by atoms with E-state index < -0.39 is 0 Å². The third-order valence-corrected chi connectivity index (χ3v) is 3.46. The molecule has 0 aliphatic rings. The van der Waals surface area contributed by atoms with Crippen molar-refractivity contribution in [3.63, 3.8) is 0 Å². The normalized spacial score (nSPS) is 11.8. The number of nitrogens with zero attached hydrogens (tertiary/aromatic N) is 1. The monoisotopic (exact) mass is 300 g/mol. The van der Waals surface area contributed by atoms with Crippen molar-refractivity contribution >= 4 is 11.6 Å². The zero-order valence-corrected chi connectivity index (χ0v) is 13.1. The van der Waals surface area contributed by atoms with Crippen LogP contribution in [-0.4, -0.2) is 23.9 Å². The number of benzene rings is 2. The molecular weight excluding hydrogens is 279 g/mol. The van der Waals surface area contributed by atoms with Crippen LogP contribution in [0.25, 0.3) is 0 Å². The lowest BCUT2D eigenvalue weighted by molar-refractivity contribution is -0.130. The molecule has 1 amide bonds. The number of nitrogens with one attached hydrogen (secondary N) is 1. The van der Waals surface area contributed by atoms with Crippen LogP contribution in [0.4, 0.5) is 10.1 Å². The summed E-state index contributed by atoms with van der Waals surface area (Å²) in [7, 11) is 1.72. The number of carbonyl (C=O) groups is 1. The molecule has 2 aromatic carbocycles. The van der Waals surface area contributed by atoms with Crippen LogP contribution in [-0.2, 0) is 11.3 Å². The van der Waals surface area contributed by atoms with Crippen LogP contribution in [0.15, 0.2) is 48.5 Å². The van der Waals surface area contributed by atoms with Crippen molar-refractivity contribution in [1.82, 2.24) is 4.90 Å². The third-order valence-electron chi connectivity index (χ3n) is 3.46. The average molecular weight is 300 g/mol. The molecule has 2 rings (SSSR count). The number of amides is 1. The van der Waals surface area contributed by atoms with Crippen LogP contribution in [0.3, 0.4) is 0 Å². The van der Waals surface area contributed by atoms with Crippen LogP contribution in [0.1, 0.15) is 18.1 Å². The number of rotatable bonds is 5. The predicted molar refractivity (Wildman–Crippen MR) is 87.1 cm³/mol. The lowest BCUT2D eigenvalue weighted by atomic mass is 10.2. The van der Waals surface area contributed by atoms with Crippen molar-refractivity contribution in [3.8, 4) is 0 Å². The smallest absolute Gasteiger partial charge is 0.244 e. The Balaban J connectivity index is 1.97. The fourth-order valence-corrected chi connectivity index (χ4v) is 2.36. The van der Waals surface area contributed by atoms with Gasteiger partial charge in [-0.25, -0.2) is 4.39 Å². The number of anilines is 1. The van der Waals surface area contributed by atoms with E-state index in [1.54, 1.807) is 18.0 Å². The SMILES string of the molecule is Cc1cccc(NC(C)C(=O)N(C)Cc2cccc(F)c2)c1. The van der Waals surface area contributed by atoms with E-state index >= 15 is 0 Å². The summed E-state index contributed by atoms with van der Waals surface area (Å²) in [5, 5.41) is 3.20. The van der Waals surface area contributed by atoms with Crippen LogP contribution < -0.4 is 5.32 Å². The van der Waals surface area contributed by atoms with E-state index in [9.17, 15) is 9.18 Å². The molecule has 0 aromatic heterocycles. The van der Waals surface area contributed by atoms with E-state index in [0.29, 0.717) is 6.54 Å². The summed E-state index contributed by atoms with van der Waals surface area (Å²) in [5.41, 5.74) is 2.83. The molecule has 0 saturated heterocycles. The van der Waals surface area contributed by atoms with E-state index in [0.717, 1.165) is 16.8 Å². The second-order valence-electron chi connectivity index (χ2n) is 5.56. The molecule has 0 heterocycles. The Morgan fingerprint density at radius 1 is 1.23 bits per heavy atom. The van der Waals surface area contributed by atoms with Gasteiger partial charge in [0.15, 0.2) is 0 Å². The minimum atomic E-state index is -0.347. The molecule has 116 valence electrons. The highest BCUT2D eigenvalue weighted by Crippen LogP contribution is 2.13. The zero-order valence-electron chi connectivity index (χ0n) is 13.1. The first-order valence-electron chi connectivity index (χ1n) is 7.28. The number of hydrogen-bond donors (Lipinski definition) is 1. The van der Waals surface area contributed by atoms with E-state index in [1.165, 1.54) is 12.1 Å². The van der Waals surface area contributed by atoms with Gasteiger partial charge < -0.3 is 10.2 Å². The van der Waals surface area contributed by atoms with Gasteiger partial charge in [0.05, 0.1) is 0 Å². The molecular formula is C18H21FN2O. The largest absolute Gasteiger partial charge is 0.374 e. The van der Waals surface area contributed by atoms with Crippen LogP contribution in [0.2, 0.25) is 0 Å². The summed E-state index contributed by atoms with van der Waals surface area (Å²) in [4.78, 5) is 14.0. The van der Waals surface area contributed by atoms with E-state index in [-0.39, 0.29) is 17.8 Å². The minimum absolute atomic E-state index is 0.0363. The Morgan fingerprint density at radius 2 is 1.95 bits per heavy atom. The number of carbonyl (C=O) groups excluding carboxylic acids is 1. The van der Waals surface area contributed by atoms with Crippen LogP contribution in [0, 0.1) is 12.7 Å². The van der Waals surface area contributed by atoms with Crippen molar-refractivity contribution in [2.75, 3.05) is 12.4 Å². The molecule has 0 fully saturated rings. The number of aryl methyl sites for hydroxylation is 1. The summed E-state index contributed by atoms with van der Waals surface area (Å²) in [6.07, 6.45) is 0. The van der Waals surface area contributed by atoms with Gasteiger partial charge in [-0.15, -0.1) is 0 Å². The van der Waals surface area contributed by atoms with E-state index in [1.807, 2.05) is 44.2 Å². The Kier molecular flexibility index (Phi) is 5.15. The Morgan fingerprint density at radius 3 is 2.64 bits per heavy atom. The van der Waals surface area contributed by atoms with Gasteiger partial charge in [0.1, 0.15) is 11.9 Å². The summed E-state index contributed by atoms with van der Waals surface area (Å²) in [6.45, 7) is 4.22. The number of halogens is 1. The first kappa shape index (κ1) is 16.0. The molecule has 3 nitrogen and oxygen atoms in total. The second kappa shape index (κ2) is 7.07. The van der Waals surface area contributed by atoms with Crippen molar-refractivity contribution in [2.24, 2.45) is 0 Å². The lowest BCUT2D eigenvalue weighted by Crippen LogP contribution is -2.38. The zero-order chi connectivity index (χ0) is 16.1. The summed E-state index contributed by atoms with van der Waals surface area (Å²) < 4.78 is 13.2. The van der Waals surface area contributed by atoms with Crippen LogP contribution in [0.5, 0.6) is 0 Å². The average Bonchev–Trinajstić information content (AvgIpc) is 2.46. The molecule has 4 heteroatoms. The Labute approximate surface area is 130 Å². The van der Waals surface area contributed by atoms with Gasteiger partial charge in [0, 0.05) is 19.3 Å². The van der Waals surface area contributed by atoms with Gasteiger partial charge in [-0.3, -0.25) is 4.79 Å². The van der Waals surface area contributed by atoms with E-state index in [4.69, 9.17) is 0 Å². The minimum Gasteiger partial charge on any atom is -0.374 e. The molecule has 1 unspecified atom stereocenters. The van der Waals surface area contributed by atoms with Crippen molar-refractivity contribution in [3.05, 3.63) is 65.5 Å². The quantitative estimate of drug-likeness (QED) is 0.915. The van der Waals surface area contributed by atoms with Crippen molar-refractivity contribution in [1.29, 1.82) is 0 Å². The van der Waals surface area contributed by atoms with Gasteiger partial charge in [-0.2, -0.15) is 0 Å². The third kappa shape index (κ3) is 4.32. The molecule has 0 aliphatic carbocycles. The maximum atomic E-state index is 13.2. The second-order valence-corrected chi connectivity index (χ2v) is 5.56. The summed E-state index contributed by atoms with van der Waals surface area (Å²) in [5.74, 6) is -0.324. The molecule has 0 radical (unpaired) electrons. The standard InChI is InChI=1S/C18H21FN2O/c1-13-6-4-9-17(10-13)20-14(2)18(22)21(3)12-15-7-5-8-16(19)11-15/h4-11,14,20H,12H2,1-3H3. The van der Waals surface area contributed by atoms with E-state index in [2.05, 4.69) is 5.32 Å². The summed E-state index contributed by atoms with van der Waals surface area (Å²) in [6, 6.07) is 13.8. The fraction of sp³-hybridized carbons (Fsp3) is 0.278. The molecule has 0 aliphatic heterocycles.